The van der Waals surface area contributed by atoms with E-state index in [2.05, 4.69) is 4.74 Å². The van der Waals surface area contributed by atoms with Crippen LogP contribution in [0.4, 0.5) is 0 Å². The zero-order valence-electron chi connectivity index (χ0n) is 12.5. The van der Waals surface area contributed by atoms with Crippen LogP contribution in [-0.2, 0) is 20.9 Å². The summed E-state index contributed by atoms with van der Waals surface area (Å²) in [5, 5.41) is 0. The van der Waals surface area contributed by atoms with Crippen LogP contribution in [-0.4, -0.2) is 32.4 Å². The molecule has 0 aliphatic heterocycles. The molecule has 0 atom stereocenters. The van der Waals surface area contributed by atoms with Gasteiger partial charge in [0, 0.05) is 19.8 Å². The van der Waals surface area contributed by atoms with Gasteiger partial charge in [0.25, 0.3) is 0 Å². The Kier molecular flexibility index (Phi) is 10.1. The van der Waals surface area contributed by atoms with Gasteiger partial charge >= 0.3 is 0 Å². The molecular formula is C16H22O4. The number of allylic oxidation sites excluding steroid dienone is 1. The number of Topliss-reactive ketones (excluding diaryl/α,β-unsaturated/α-hetero) is 1. The molecular weight excluding hydrogens is 256 g/mol. The first kappa shape index (κ1) is 18.2. The van der Waals surface area contributed by atoms with Crippen LogP contribution in [0.1, 0.15) is 29.8 Å². The third kappa shape index (κ3) is 8.34. The van der Waals surface area contributed by atoms with Crippen molar-refractivity contribution in [3.05, 3.63) is 47.5 Å². The fourth-order valence-corrected chi connectivity index (χ4v) is 1.46. The average Bonchev–Trinajstić information content (AvgIpc) is 2.40. The van der Waals surface area contributed by atoms with Gasteiger partial charge < -0.3 is 9.47 Å². The van der Waals surface area contributed by atoms with Crippen molar-refractivity contribution in [1.29, 1.82) is 0 Å². The number of methoxy groups -OCH3 is 2. The number of hydrogen-bond acceptors (Lipinski definition) is 4. The minimum absolute atomic E-state index is 0.0575. The summed E-state index contributed by atoms with van der Waals surface area (Å²) < 4.78 is 9.62. The average molecular weight is 278 g/mol. The van der Waals surface area contributed by atoms with Crippen LogP contribution in [0.25, 0.3) is 0 Å². The molecule has 0 saturated heterocycles. The van der Waals surface area contributed by atoms with E-state index in [0.717, 1.165) is 11.1 Å². The highest BCUT2D eigenvalue weighted by Crippen LogP contribution is 2.09. The summed E-state index contributed by atoms with van der Waals surface area (Å²) in [6, 6.07) is 7.48. The lowest BCUT2D eigenvalue weighted by Crippen LogP contribution is -1.99. The largest absolute Gasteiger partial charge is 0.381 e. The van der Waals surface area contributed by atoms with Crippen LogP contribution in [0.15, 0.2) is 36.4 Å². The Morgan fingerprint density at radius 1 is 1.10 bits per heavy atom. The first-order chi connectivity index (χ1) is 9.52. The number of rotatable bonds is 6. The second-order valence-electron chi connectivity index (χ2n) is 4.11. The minimum atomic E-state index is 0.0575. The van der Waals surface area contributed by atoms with E-state index < -0.39 is 0 Å². The molecule has 0 aromatic heterocycles. The Morgan fingerprint density at radius 2 is 1.75 bits per heavy atom. The van der Waals surface area contributed by atoms with Gasteiger partial charge in [-0.2, -0.15) is 0 Å². The van der Waals surface area contributed by atoms with Crippen LogP contribution in [0, 0.1) is 0 Å². The smallest absolute Gasteiger partial charge is 0.160 e. The molecule has 0 unspecified atom stereocenters. The third-order valence-corrected chi connectivity index (χ3v) is 2.31. The van der Waals surface area contributed by atoms with E-state index >= 15 is 0 Å². The van der Waals surface area contributed by atoms with E-state index in [1.165, 1.54) is 13.0 Å². The molecule has 4 nitrogen and oxygen atoms in total. The van der Waals surface area contributed by atoms with Gasteiger partial charge in [0.05, 0.1) is 13.2 Å². The Balaban J connectivity index is 0.000000396. The highest BCUT2D eigenvalue weighted by Gasteiger charge is 2.04. The zero-order valence-corrected chi connectivity index (χ0v) is 12.5. The standard InChI is InChI=1S/C10H12O2.C6H10O2/c1-8(11)10-6-4-3-5-9(10)7-12-2;1-6(7)4-3-5-8-2/h3-6H,7H2,1-2H3;3-4H,5H2,1-2H3/b;4-3-. The number of benzene rings is 1. The summed E-state index contributed by atoms with van der Waals surface area (Å²) in [5.41, 5.74) is 1.70. The van der Waals surface area contributed by atoms with Crippen molar-refractivity contribution in [2.45, 2.75) is 20.5 Å². The lowest BCUT2D eigenvalue weighted by atomic mass is 10.1. The third-order valence-electron chi connectivity index (χ3n) is 2.31. The summed E-state index contributed by atoms with van der Waals surface area (Å²) in [6.07, 6.45) is 3.17. The van der Waals surface area contributed by atoms with E-state index in [-0.39, 0.29) is 11.6 Å². The van der Waals surface area contributed by atoms with Crippen LogP contribution in [0.3, 0.4) is 0 Å². The van der Waals surface area contributed by atoms with Gasteiger partial charge in [-0.05, 0) is 25.5 Å². The van der Waals surface area contributed by atoms with Crippen molar-refractivity contribution in [1.82, 2.24) is 0 Å². The molecule has 1 aromatic carbocycles. The molecule has 4 heteroatoms. The Hall–Kier alpha value is -1.78. The SMILES string of the molecule is COC/C=C\C(C)=O.COCc1ccccc1C(C)=O. The first-order valence-electron chi connectivity index (χ1n) is 6.26. The lowest BCUT2D eigenvalue weighted by molar-refractivity contribution is -0.112. The number of ether oxygens (including phenoxy) is 2. The molecule has 0 spiro atoms. The van der Waals surface area contributed by atoms with E-state index in [4.69, 9.17) is 4.74 Å². The minimum Gasteiger partial charge on any atom is -0.381 e. The molecule has 0 amide bonds. The van der Waals surface area contributed by atoms with E-state index in [1.54, 1.807) is 27.2 Å². The molecule has 0 heterocycles. The zero-order chi connectivity index (χ0) is 15.4. The van der Waals surface area contributed by atoms with Crippen LogP contribution < -0.4 is 0 Å². The topological polar surface area (TPSA) is 52.6 Å². The predicted octanol–water partition coefficient (Wildman–Crippen LogP) is 2.81. The Labute approximate surface area is 120 Å². The fraction of sp³-hybridized carbons (Fsp3) is 0.375. The van der Waals surface area contributed by atoms with E-state index in [1.807, 2.05) is 24.3 Å². The van der Waals surface area contributed by atoms with Gasteiger partial charge in [0.2, 0.25) is 0 Å². The molecule has 0 fully saturated rings. The van der Waals surface area contributed by atoms with Crippen molar-refractivity contribution in [2.24, 2.45) is 0 Å². The van der Waals surface area contributed by atoms with Crippen molar-refractivity contribution in [3.63, 3.8) is 0 Å². The highest BCUT2D eigenvalue weighted by atomic mass is 16.5. The molecule has 1 aromatic rings. The molecule has 0 bridgehead atoms. The van der Waals surface area contributed by atoms with Gasteiger partial charge in [0.15, 0.2) is 11.6 Å². The van der Waals surface area contributed by atoms with Crippen LogP contribution in [0.2, 0.25) is 0 Å². The number of ketones is 2. The lowest BCUT2D eigenvalue weighted by Gasteiger charge is -2.04. The maximum absolute atomic E-state index is 11.1. The van der Waals surface area contributed by atoms with Gasteiger partial charge in [-0.25, -0.2) is 0 Å². The molecule has 0 aliphatic carbocycles. The number of carbonyl (C=O) groups excluding carboxylic acids is 2. The first-order valence-corrected chi connectivity index (χ1v) is 6.26. The monoisotopic (exact) mass is 278 g/mol. The van der Waals surface area contributed by atoms with E-state index in [0.29, 0.717) is 13.2 Å². The molecule has 0 saturated carbocycles. The molecule has 20 heavy (non-hydrogen) atoms. The van der Waals surface area contributed by atoms with Gasteiger partial charge in [-0.1, -0.05) is 30.3 Å². The van der Waals surface area contributed by atoms with Crippen molar-refractivity contribution >= 4 is 11.6 Å². The normalized spacial score (nSPS) is 10.0. The van der Waals surface area contributed by atoms with E-state index in [9.17, 15) is 9.59 Å². The predicted molar refractivity (Wildman–Crippen MR) is 78.9 cm³/mol. The summed E-state index contributed by atoms with van der Waals surface area (Å²) in [7, 11) is 3.21. The van der Waals surface area contributed by atoms with Gasteiger partial charge in [-0.3, -0.25) is 9.59 Å². The summed E-state index contributed by atoms with van der Waals surface area (Å²) >= 11 is 0. The Morgan fingerprint density at radius 3 is 2.25 bits per heavy atom. The Bertz CT molecular complexity index is 450. The maximum atomic E-state index is 11.1. The quantitative estimate of drug-likeness (QED) is 0.593. The molecule has 110 valence electrons. The number of carbonyl (C=O) groups is 2. The van der Waals surface area contributed by atoms with Crippen molar-refractivity contribution in [2.75, 3.05) is 20.8 Å². The van der Waals surface area contributed by atoms with Crippen molar-refractivity contribution in [3.8, 4) is 0 Å². The molecule has 1 rings (SSSR count). The maximum Gasteiger partial charge on any atom is 0.160 e. The second-order valence-corrected chi connectivity index (χ2v) is 4.11. The summed E-state index contributed by atoms with van der Waals surface area (Å²) in [6.45, 7) is 4.08. The van der Waals surface area contributed by atoms with Crippen molar-refractivity contribution < 1.29 is 19.1 Å². The second kappa shape index (κ2) is 11.1. The molecule has 0 aliphatic rings. The highest BCUT2D eigenvalue weighted by molar-refractivity contribution is 5.95. The fourth-order valence-electron chi connectivity index (χ4n) is 1.46. The molecule has 0 radical (unpaired) electrons. The summed E-state index contributed by atoms with van der Waals surface area (Å²) in [5.74, 6) is 0.143. The van der Waals surface area contributed by atoms with Gasteiger partial charge in [-0.15, -0.1) is 0 Å². The van der Waals surface area contributed by atoms with Crippen LogP contribution >= 0.6 is 0 Å². The summed E-state index contributed by atoms with van der Waals surface area (Å²) in [4.78, 5) is 21.3. The van der Waals surface area contributed by atoms with Gasteiger partial charge in [0.1, 0.15) is 0 Å². The molecule has 0 N–H and O–H groups in total. The number of hydrogen-bond donors (Lipinski definition) is 0. The van der Waals surface area contributed by atoms with Crippen LogP contribution in [0.5, 0.6) is 0 Å².